The molecule has 2 aromatic carbocycles. The molecule has 2 N–H and O–H groups in total. The van der Waals surface area contributed by atoms with Crippen LogP contribution in [0.4, 0.5) is 5.69 Å². The molecule has 0 radical (unpaired) electrons. The molecule has 21 heavy (non-hydrogen) atoms. The summed E-state index contributed by atoms with van der Waals surface area (Å²) in [4.78, 5) is 10.5. The second-order valence-corrected chi connectivity index (χ2v) is 4.99. The first-order valence-corrected chi connectivity index (χ1v) is 6.86. The number of ether oxygens (including phenoxy) is 1. The number of hydrogen-bond donors (Lipinski definition) is 1. The van der Waals surface area contributed by atoms with Gasteiger partial charge in [-0.3, -0.25) is 10.1 Å². The first-order chi connectivity index (χ1) is 10.0. The molecule has 0 aromatic heterocycles. The van der Waals surface area contributed by atoms with Crippen LogP contribution in [0.2, 0.25) is 5.02 Å². The van der Waals surface area contributed by atoms with Crippen LogP contribution in [0, 0.1) is 10.1 Å². The Labute approximate surface area is 127 Å². The largest absolute Gasteiger partial charge is 0.450 e. The highest BCUT2D eigenvalue weighted by atomic mass is 35.5. The monoisotopic (exact) mass is 306 g/mol. The third-order valence-electron chi connectivity index (χ3n) is 3.09. The molecule has 0 aliphatic carbocycles. The standard InChI is InChI=1S/C15H15ClN2O3/c1-2-13(17)10-3-6-12(7-4-10)21-15-8-5-11(16)9-14(15)18(19)20/h3-9,13H,2,17H2,1H3/t13-/m1/s1. The van der Waals surface area contributed by atoms with Gasteiger partial charge in [0.1, 0.15) is 5.75 Å². The molecule has 6 heteroatoms. The number of nitrogens with zero attached hydrogens (tertiary/aromatic N) is 1. The van der Waals surface area contributed by atoms with Crippen molar-refractivity contribution in [2.75, 3.05) is 0 Å². The zero-order chi connectivity index (χ0) is 15.4. The number of nitro groups is 1. The molecule has 0 saturated carbocycles. The Kier molecular flexibility index (Phi) is 4.77. The lowest BCUT2D eigenvalue weighted by atomic mass is 10.1. The van der Waals surface area contributed by atoms with E-state index in [1.54, 1.807) is 18.2 Å². The third-order valence-corrected chi connectivity index (χ3v) is 3.33. The van der Waals surface area contributed by atoms with Gasteiger partial charge in [0.25, 0.3) is 0 Å². The van der Waals surface area contributed by atoms with Gasteiger partial charge < -0.3 is 10.5 Å². The van der Waals surface area contributed by atoms with Crippen molar-refractivity contribution in [3.05, 3.63) is 63.2 Å². The lowest BCUT2D eigenvalue weighted by molar-refractivity contribution is -0.385. The van der Waals surface area contributed by atoms with E-state index in [0.717, 1.165) is 12.0 Å². The van der Waals surface area contributed by atoms with Crippen LogP contribution in [0.15, 0.2) is 42.5 Å². The van der Waals surface area contributed by atoms with Gasteiger partial charge in [-0.05, 0) is 36.2 Å². The molecular formula is C15H15ClN2O3. The van der Waals surface area contributed by atoms with Crippen molar-refractivity contribution < 1.29 is 9.66 Å². The topological polar surface area (TPSA) is 78.4 Å². The van der Waals surface area contributed by atoms with Crippen molar-refractivity contribution in [3.8, 4) is 11.5 Å². The summed E-state index contributed by atoms with van der Waals surface area (Å²) in [6.45, 7) is 2.01. The summed E-state index contributed by atoms with van der Waals surface area (Å²) in [7, 11) is 0. The van der Waals surface area contributed by atoms with Gasteiger partial charge in [0, 0.05) is 17.1 Å². The molecule has 1 atom stereocenters. The van der Waals surface area contributed by atoms with Gasteiger partial charge in [0.15, 0.2) is 0 Å². The van der Waals surface area contributed by atoms with Crippen LogP contribution in [0.5, 0.6) is 11.5 Å². The van der Waals surface area contributed by atoms with Crippen LogP contribution in [-0.2, 0) is 0 Å². The van der Waals surface area contributed by atoms with Gasteiger partial charge in [-0.2, -0.15) is 0 Å². The fraction of sp³-hybridized carbons (Fsp3) is 0.200. The highest BCUT2D eigenvalue weighted by Gasteiger charge is 2.16. The summed E-state index contributed by atoms with van der Waals surface area (Å²) in [5.41, 5.74) is 6.76. The van der Waals surface area contributed by atoms with Crippen molar-refractivity contribution in [1.29, 1.82) is 0 Å². The zero-order valence-electron chi connectivity index (χ0n) is 11.5. The summed E-state index contributed by atoms with van der Waals surface area (Å²) >= 11 is 5.76. The molecule has 0 bridgehead atoms. The van der Waals surface area contributed by atoms with Crippen LogP contribution in [0.25, 0.3) is 0 Å². The van der Waals surface area contributed by atoms with Gasteiger partial charge in [0.05, 0.1) is 4.92 Å². The van der Waals surface area contributed by atoms with E-state index in [2.05, 4.69) is 0 Å². The predicted octanol–water partition coefficient (Wildman–Crippen LogP) is 4.45. The molecular weight excluding hydrogens is 292 g/mol. The van der Waals surface area contributed by atoms with E-state index < -0.39 is 4.92 Å². The zero-order valence-corrected chi connectivity index (χ0v) is 12.2. The summed E-state index contributed by atoms with van der Waals surface area (Å²) < 4.78 is 5.55. The average molecular weight is 307 g/mol. The summed E-state index contributed by atoms with van der Waals surface area (Å²) in [5, 5.41) is 11.3. The Morgan fingerprint density at radius 2 is 1.95 bits per heavy atom. The molecule has 0 aliphatic rings. The van der Waals surface area contributed by atoms with Crippen molar-refractivity contribution in [3.63, 3.8) is 0 Å². The lowest BCUT2D eigenvalue weighted by Gasteiger charge is -2.11. The van der Waals surface area contributed by atoms with Gasteiger partial charge in [-0.25, -0.2) is 0 Å². The van der Waals surface area contributed by atoms with Crippen LogP contribution in [0.1, 0.15) is 24.9 Å². The average Bonchev–Trinajstić information content (AvgIpc) is 2.49. The van der Waals surface area contributed by atoms with Gasteiger partial charge in [0.2, 0.25) is 5.75 Å². The fourth-order valence-corrected chi connectivity index (χ4v) is 2.03. The van der Waals surface area contributed by atoms with Crippen LogP contribution in [-0.4, -0.2) is 4.92 Å². The molecule has 0 fully saturated rings. The molecule has 0 amide bonds. The molecule has 0 saturated heterocycles. The number of hydrogen-bond acceptors (Lipinski definition) is 4. The highest BCUT2D eigenvalue weighted by Crippen LogP contribution is 2.33. The number of halogens is 1. The van der Waals surface area contributed by atoms with Crippen molar-refractivity contribution >= 4 is 17.3 Å². The Morgan fingerprint density at radius 3 is 2.52 bits per heavy atom. The van der Waals surface area contributed by atoms with Crippen LogP contribution >= 0.6 is 11.6 Å². The normalized spacial score (nSPS) is 12.0. The second-order valence-electron chi connectivity index (χ2n) is 4.55. The summed E-state index contributed by atoms with van der Waals surface area (Å²) in [5.74, 6) is 0.657. The van der Waals surface area contributed by atoms with E-state index in [4.69, 9.17) is 22.1 Å². The van der Waals surface area contributed by atoms with Gasteiger partial charge in [-0.15, -0.1) is 0 Å². The van der Waals surface area contributed by atoms with E-state index in [1.807, 2.05) is 19.1 Å². The minimum absolute atomic E-state index is 0.0241. The molecule has 5 nitrogen and oxygen atoms in total. The van der Waals surface area contributed by atoms with Crippen LogP contribution < -0.4 is 10.5 Å². The second kappa shape index (κ2) is 6.56. The molecule has 2 aromatic rings. The smallest absolute Gasteiger partial charge is 0.313 e. The molecule has 0 heterocycles. The number of nitrogens with two attached hydrogens (primary N) is 1. The molecule has 0 unspecified atom stereocenters. The molecule has 0 aliphatic heterocycles. The number of nitro benzene ring substituents is 1. The Morgan fingerprint density at radius 1 is 1.29 bits per heavy atom. The van der Waals surface area contributed by atoms with Gasteiger partial charge in [-0.1, -0.05) is 30.7 Å². The maximum atomic E-state index is 11.0. The van der Waals surface area contributed by atoms with Gasteiger partial charge >= 0.3 is 5.69 Å². The van der Waals surface area contributed by atoms with E-state index >= 15 is 0 Å². The SMILES string of the molecule is CC[C@@H](N)c1ccc(Oc2ccc(Cl)cc2[N+](=O)[O-])cc1. The molecule has 110 valence electrons. The Balaban J connectivity index is 2.24. The fourth-order valence-electron chi connectivity index (χ4n) is 1.87. The minimum atomic E-state index is -0.525. The summed E-state index contributed by atoms with van der Waals surface area (Å²) in [6.07, 6.45) is 0.836. The minimum Gasteiger partial charge on any atom is -0.450 e. The molecule has 0 spiro atoms. The number of rotatable bonds is 5. The lowest BCUT2D eigenvalue weighted by Crippen LogP contribution is -2.08. The van der Waals surface area contributed by atoms with Crippen molar-refractivity contribution in [2.45, 2.75) is 19.4 Å². The van der Waals surface area contributed by atoms with Crippen LogP contribution in [0.3, 0.4) is 0 Å². The van der Waals surface area contributed by atoms with E-state index in [9.17, 15) is 10.1 Å². The van der Waals surface area contributed by atoms with E-state index in [1.165, 1.54) is 12.1 Å². The Hall–Kier alpha value is -2.11. The maximum absolute atomic E-state index is 11.0. The third kappa shape index (κ3) is 3.71. The van der Waals surface area contributed by atoms with Crippen molar-refractivity contribution in [2.24, 2.45) is 5.73 Å². The number of benzene rings is 2. The maximum Gasteiger partial charge on any atom is 0.313 e. The van der Waals surface area contributed by atoms with Crippen molar-refractivity contribution in [1.82, 2.24) is 0 Å². The quantitative estimate of drug-likeness (QED) is 0.654. The predicted molar refractivity (Wildman–Crippen MR) is 81.8 cm³/mol. The Bertz CT molecular complexity index is 644. The summed E-state index contributed by atoms with van der Waals surface area (Å²) in [6, 6.07) is 11.4. The van der Waals surface area contributed by atoms with E-state index in [-0.39, 0.29) is 17.5 Å². The highest BCUT2D eigenvalue weighted by molar-refractivity contribution is 6.30. The first kappa shape index (κ1) is 15.3. The van der Waals surface area contributed by atoms with E-state index in [0.29, 0.717) is 10.8 Å². The first-order valence-electron chi connectivity index (χ1n) is 6.48. The molecule has 2 rings (SSSR count).